The summed E-state index contributed by atoms with van der Waals surface area (Å²) in [5.74, 6) is 1.65. The maximum absolute atomic E-state index is 13.7. The lowest BCUT2D eigenvalue weighted by Gasteiger charge is -2.31. The maximum atomic E-state index is 13.7. The molecule has 8 atom stereocenters. The number of aliphatic imine (C=N–C) groups is 2. The van der Waals surface area contributed by atoms with Gasteiger partial charge in [-0.1, -0.05) is 101 Å². The van der Waals surface area contributed by atoms with E-state index in [0.29, 0.717) is 38.5 Å². The van der Waals surface area contributed by atoms with Gasteiger partial charge in [-0.25, -0.2) is 24.4 Å². The lowest BCUT2D eigenvalue weighted by Crippen LogP contribution is -2.54. The van der Waals surface area contributed by atoms with E-state index in [1.807, 2.05) is 76.7 Å². The van der Waals surface area contributed by atoms with Crippen molar-refractivity contribution in [2.75, 3.05) is 40.4 Å². The number of H-pyrrole nitrogens is 2. The van der Waals surface area contributed by atoms with E-state index < -0.39 is 29.9 Å². The lowest BCUT2D eigenvalue weighted by molar-refractivity contribution is -0.135. The zero-order chi connectivity index (χ0) is 69.2. The van der Waals surface area contributed by atoms with Crippen LogP contribution in [0.3, 0.4) is 0 Å². The number of carbonyl (C=O) groups is 5. The number of hydrogen-bond donors (Lipinski definition) is 5. The van der Waals surface area contributed by atoms with E-state index in [-0.39, 0.29) is 60.3 Å². The molecule has 2 aromatic heterocycles. The molecule has 524 valence electrons. The number of amides is 5. The number of nitrogens with one attached hydrogen (secondary N) is 5. The normalized spacial score (nSPS) is 20.3. The van der Waals surface area contributed by atoms with Crippen molar-refractivity contribution in [2.45, 2.75) is 167 Å². The number of imidazole rings is 2. The number of aromatic nitrogens is 4. The fraction of sp³-hybridized carbons (Fsp3) is 0.430. The van der Waals surface area contributed by atoms with E-state index in [1.54, 1.807) is 4.90 Å². The van der Waals surface area contributed by atoms with Gasteiger partial charge in [0.05, 0.1) is 60.5 Å². The zero-order valence-electron chi connectivity index (χ0n) is 58.8. The number of likely N-dealkylation sites (tertiary alicyclic amines) is 3. The molecule has 0 saturated carbocycles. The van der Waals surface area contributed by atoms with E-state index in [9.17, 15) is 24.0 Å². The van der Waals surface area contributed by atoms with Crippen LogP contribution in [0.4, 0.5) is 14.4 Å². The minimum Gasteiger partial charge on any atom is -0.453 e. The molecule has 8 heterocycles. The summed E-state index contributed by atoms with van der Waals surface area (Å²) in [6, 6.07) is 37.8. The molecule has 4 saturated heterocycles. The van der Waals surface area contributed by atoms with Gasteiger partial charge in [-0.2, -0.15) is 0 Å². The molecule has 6 aromatic carbocycles. The topological polar surface area (TPSA) is 241 Å². The summed E-state index contributed by atoms with van der Waals surface area (Å²) in [6.45, 7) is 16.7. The van der Waals surface area contributed by atoms with Gasteiger partial charge in [-0.15, -0.1) is 12.4 Å². The zero-order valence-corrected chi connectivity index (χ0v) is 59.6. The fourth-order valence-corrected chi connectivity index (χ4v) is 15.0. The average molecular weight is 1370 g/mol. The number of allylic oxidation sites excluding steroid dienone is 2. The second kappa shape index (κ2) is 30.2. The molecule has 20 nitrogen and oxygen atoms in total. The van der Waals surface area contributed by atoms with Crippen LogP contribution < -0.4 is 16.0 Å². The summed E-state index contributed by atoms with van der Waals surface area (Å²) >= 11 is 0. The number of halogens is 1. The Morgan fingerprint density at radius 2 is 0.940 bits per heavy atom. The Morgan fingerprint density at radius 1 is 0.530 bits per heavy atom. The molecule has 0 radical (unpaired) electrons. The van der Waals surface area contributed by atoms with Crippen LogP contribution in [0, 0.1) is 11.8 Å². The highest BCUT2D eigenvalue weighted by Crippen LogP contribution is 2.39. The highest BCUT2D eigenvalue weighted by molar-refractivity contribution is 6.06. The molecule has 14 rings (SSSR count). The van der Waals surface area contributed by atoms with Gasteiger partial charge < -0.3 is 49.9 Å². The van der Waals surface area contributed by atoms with E-state index >= 15 is 0 Å². The molecule has 100 heavy (non-hydrogen) atoms. The average Bonchev–Trinajstić information content (AvgIpc) is 1.53. The summed E-state index contributed by atoms with van der Waals surface area (Å²) in [7, 11) is 2.64. The number of hydrogen-bond acceptors (Lipinski definition) is 13. The van der Waals surface area contributed by atoms with Crippen LogP contribution in [-0.4, -0.2) is 146 Å². The number of aromatic amines is 2. The van der Waals surface area contributed by atoms with Gasteiger partial charge in [0.2, 0.25) is 11.8 Å². The van der Waals surface area contributed by atoms with E-state index in [1.165, 1.54) is 37.0 Å². The van der Waals surface area contributed by atoms with Gasteiger partial charge in [-0.3, -0.25) is 24.5 Å². The first-order valence-corrected chi connectivity index (χ1v) is 35.5. The van der Waals surface area contributed by atoms with Crippen LogP contribution in [-0.2, 0) is 23.8 Å². The number of ether oxygens (including phenoxy) is 3. The van der Waals surface area contributed by atoms with Crippen LogP contribution >= 0.6 is 12.4 Å². The Morgan fingerprint density at radius 3 is 1.38 bits per heavy atom. The van der Waals surface area contributed by atoms with Crippen LogP contribution in [0.2, 0.25) is 0 Å². The SMILES string of the molecule is CC[C@H](C)[C@H](NC(=O)OC)C(=O)N1CCC[C@H]1C1=NC=C(c2ccc3cc(-c4ccc5nc(C6CCCN6C(=O)OC(C)(C)C)[nH]c5c4)ccc3c2)C1.CC[C@H](C)[C@H](NC(=O)OC)C(=O)N1CCC[C@H]1C1=NC=C(c2ccc3cc(-c4ccc5nc([C@@H]6CCCN6)[nH]c5c4)ccc3c2)C1.Cl. The lowest BCUT2D eigenvalue weighted by atomic mass is 9.94. The first-order chi connectivity index (χ1) is 47.8. The number of nitrogens with zero attached hydrogens (tertiary/aromatic N) is 7. The molecule has 6 aliphatic heterocycles. The molecule has 5 amide bonds. The molecule has 6 aliphatic rings. The van der Waals surface area contributed by atoms with Crippen molar-refractivity contribution in [1.82, 2.24) is 50.6 Å². The van der Waals surface area contributed by atoms with Crippen molar-refractivity contribution in [3.05, 3.63) is 144 Å². The third kappa shape index (κ3) is 15.0. The smallest absolute Gasteiger partial charge is 0.410 e. The predicted octanol–water partition coefficient (Wildman–Crippen LogP) is 15.6. The molecule has 0 spiro atoms. The van der Waals surface area contributed by atoms with Crippen molar-refractivity contribution in [3.8, 4) is 22.3 Å². The maximum Gasteiger partial charge on any atom is 0.410 e. The van der Waals surface area contributed by atoms with Gasteiger partial charge in [0.1, 0.15) is 29.3 Å². The van der Waals surface area contributed by atoms with Crippen molar-refractivity contribution in [3.63, 3.8) is 0 Å². The fourth-order valence-electron chi connectivity index (χ4n) is 15.0. The number of methoxy groups -OCH3 is 2. The van der Waals surface area contributed by atoms with Crippen molar-refractivity contribution in [1.29, 1.82) is 0 Å². The minimum absolute atomic E-state index is 0. The highest BCUT2D eigenvalue weighted by atomic mass is 35.5. The van der Waals surface area contributed by atoms with Crippen LogP contribution in [0.25, 0.3) is 77.0 Å². The molecular weight excluding hydrogens is 1280 g/mol. The summed E-state index contributed by atoms with van der Waals surface area (Å²) in [5, 5.41) is 13.7. The van der Waals surface area contributed by atoms with Crippen LogP contribution in [0.5, 0.6) is 0 Å². The highest BCUT2D eigenvalue weighted by Gasteiger charge is 2.42. The third-order valence-corrected chi connectivity index (χ3v) is 20.9. The number of fused-ring (bicyclic) bond motifs is 4. The first-order valence-electron chi connectivity index (χ1n) is 35.5. The van der Waals surface area contributed by atoms with Crippen molar-refractivity contribution in [2.24, 2.45) is 21.8 Å². The minimum atomic E-state index is -0.638. The Bertz CT molecular complexity index is 4540. The summed E-state index contributed by atoms with van der Waals surface area (Å²) in [5.41, 5.74) is 14.4. The van der Waals surface area contributed by atoms with Crippen molar-refractivity contribution >= 4 is 109 Å². The van der Waals surface area contributed by atoms with Crippen LogP contribution in [0.1, 0.15) is 160 Å². The standard InChI is InChI=1S/C42H50N6O5.C37H42N6O3.ClH/c1-7-25(2)37(46-40(50)52-6)39(49)47-18-8-10-35(47)34-23-31(24-43-34)29-15-14-26-20-28(13-12-27(26)21-29)30-16-17-32-33(22-30)45-38(44-32)36-11-9-19-48(36)41(51)53-42(3,4)5;1-4-22(2)34(42-37(45)46-3)36(44)43-16-6-8-33(43)32-20-28(21-39-32)26-12-11-23-17-25(10-9-24(23)18-26)27-13-14-29-31(19-27)41-35(40-29)30-7-5-15-38-30;/h12-17,20-22,24-25,35-37H,7-11,18-19,23H2,1-6H3,(H,44,45)(H,46,50);9-14,17-19,21-22,30,33-34,38H,4-8,15-16,20H2,1-3H3,(H,40,41)(H,42,45);1H/t25-,35-,36?,37-;22-,30-,33-,34-;/m00./s1. The molecule has 1 unspecified atom stereocenters. The number of benzene rings is 6. The molecule has 0 bridgehead atoms. The number of rotatable bonds is 16. The predicted molar refractivity (Wildman–Crippen MR) is 397 cm³/mol. The van der Waals surface area contributed by atoms with E-state index in [2.05, 4.69) is 129 Å². The largest absolute Gasteiger partial charge is 0.453 e. The van der Waals surface area contributed by atoms with Gasteiger partial charge in [0.25, 0.3) is 0 Å². The van der Waals surface area contributed by atoms with Crippen molar-refractivity contribution < 1.29 is 38.2 Å². The molecule has 0 aliphatic carbocycles. The Hall–Kier alpha value is -9.40. The number of carbonyl (C=O) groups excluding carboxylic acids is 5. The Labute approximate surface area is 590 Å². The Balaban J connectivity index is 0.000000189. The van der Waals surface area contributed by atoms with E-state index in [0.717, 1.165) is 159 Å². The second-order valence-electron chi connectivity index (χ2n) is 28.5. The summed E-state index contributed by atoms with van der Waals surface area (Å²) in [6.07, 6.45) is 13.0. The Kier molecular flexibility index (Phi) is 21.3. The monoisotopic (exact) mass is 1370 g/mol. The van der Waals surface area contributed by atoms with Gasteiger partial charge in [0, 0.05) is 56.3 Å². The summed E-state index contributed by atoms with van der Waals surface area (Å²) < 4.78 is 15.3. The molecule has 8 aromatic rings. The molecule has 5 N–H and O–H groups in total. The van der Waals surface area contributed by atoms with E-state index in [4.69, 9.17) is 34.2 Å². The van der Waals surface area contributed by atoms with Crippen LogP contribution in [0.15, 0.2) is 132 Å². The molecular formula is C79H93ClN12O8. The third-order valence-electron chi connectivity index (χ3n) is 20.9. The quantitative estimate of drug-likeness (QED) is 0.0570. The van der Waals surface area contributed by atoms with Gasteiger partial charge >= 0.3 is 18.3 Å². The first kappa shape index (κ1) is 70.5. The summed E-state index contributed by atoms with van der Waals surface area (Å²) in [4.78, 5) is 96.5. The second-order valence-corrected chi connectivity index (χ2v) is 28.5. The van der Waals surface area contributed by atoms with Gasteiger partial charge in [-0.05, 0) is 205 Å². The van der Waals surface area contributed by atoms with Gasteiger partial charge in [0.15, 0.2) is 0 Å². The molecule has 4 fully saturated rings. The molecule has 21 heteroatoms. The number of alkyl carbamates (subject to hydrolysis) is 2.